The Hall–Kier alpha value is -3.45. The Morgan fingerprint density at radius 1 is 1.00 bits per heavy atom. The summed E-state index contributed by atoms with van der Waals surface area (Å²) >= 11 is 6.72. The lowest BCUT2D eigenvalue weighted by Gasteiger charge is -2.09. The highest BCUT2D eigenvalue weighted by Gasteiger charge is 2.31. The number of hydrogen-bond acceptors (Lipinski definition) is 8. The number of halogens is 4. The zero-order valence-electron chi connectivity index (χ0n) is 17.1. The van der Waals surface area contributed by atoms with Crippen LogP contribution in [-0.4, -0.2) is 40.7 Å². The van der Waals surface area contributed by atoms with E-state index in [0.29, 0.717) is 10.8 Å². The molecule has 0 aliphatic carbocycles. The Labute approximate surface area is 200 Å². The van der Waals surface area contributed by atoms with Gasteiger partial charge in [0, 0.05) is 10.7 Å². The molecule has 2 aromatic carbocycles. The summed E-state index contributed by atoms with van der Waals surface area (Å²) in [5.41, 5.74) is 0.287. The monoisotopic (exact) mass is 516 g/mol. The van der Waals surface area contributed by atoms with Gasteiger partial charge in [-0.1, -0.05) is 23.4 Å². The van der Waals surface area contributed by atoms with Crippen molar-refractivity contribution in [3.8, 4) is 11.5 Å². The van der Waals surface area contributed by atoms with Gasteiger partial charge in [0.1, 0.15) is 11.5 Å². The van der Waals surface area contributed by atoms with Gasteiger partial charge >= 0.3 is 6.36 Å². The summed E-state index contributed by atoms with van der Waals surface area (Å²) in [6, 6.07) is 11.2. The summed E-state index contributed by atoms with van der Waals surface area (Å²) in [6.45, 7) is -0.254. The highest BCUT2D eigenvalue weighted by atomic mass is 35.5. The van der Waals surface area contributed by atoms with Gasteiger partial charge in [0.15, 0.2) is 6.61 Å². The molecule has 0 saturated heterocycles. The normalized spacial score (nSPS) is 11.1. The van der Waals surface area contributed by atoms with E-state index in [1.807, 2.05) is 0 Å². The molecule has 2 N–H and O–H groups in total. The molecule has 1 aromatic heterocycles. The van der Waals surface area contributed by atoms with Gasteiger partial charge < -0.3 is 24.5 Å². The van der Waals surface area contributed by atoms with E-state index in [-0.39, 0.29) is 35.7 Å². The smallest absolute Gasteiger partial charge is 0.484 e. The Balaban J connectivity index is 1.36. The minimum absolute atomic E-state index is 0.0328. The van der Waals surface area contributed by atoms with Crippen molar-refractivity contribution in [1.82, 2.24) is 15.5 Å². The predicted molar refractivity (Wildman–Crippen MR) is 116 cm³/mol. The minimum atomic E-state index is -4.79. The first-order valence-corrected chi connectivity index (χ1v) is 10.8. The third-order valence-corrected chi connectivity index (χ3v) is 4.84. The standard InChI is InChI=1S/C20H16ClF3N4O5S/c21-12-1-5-14(6-2-12)31-10-16(29)25-9-18-27-28-19(32-18)34-11-17(30)26-13-3-7-15(8-4-13)33-20(22,23)24/h1-8H,9-11H2,(H,25,29)(H,26,30). The lowest BCUT2D eigenvalue weighted by atomic mass is 10.3. The van der Waals surface area contributed by atoms with E-state index >= 15 is 0 Å². The molecule has 0 fully saturated rings. The van der Waals surface area contributed by atoms with Crippen molar-refractivity contribution in [1.29, 1.82) is 0 Å². The van der Waals surface area contributed by atoms with Crippen LogP contribution in [0.3, 0.4) is 0 Å². The average Bonchev–Trinajstić information content (AvgIpc) is 3.24. The maximum atomic E-state index is 12.2. The number of anilines is 1. The largest absolute Gasteiger partial charge is 0.573 e. The second-order valence-corrected chi connectivity index (χ2v) is 7.75. The summed E-state index contributed by atoms with van der Waals surface area (Å²) in [4.78, 5) is 23.9. The van der Waals surface area contributed by atoms with Crippen LogP contribution in [0, 0.1) is 0 Å². The summed E-state index contributed by atoms with van der Waals surface area (Å²) in [5.74, 6) is -0.732. The second-order valence-electron chi connectivity index (χ2n) is 6.39. The van der Waals surface area contributed by atoms with E-state index in [1.165, 1.54) is 12.1 Å². The Kier molecular flexibility index (Phi) is 8.60. The fourth-order valence-corrected chi connectivity index (χ4v) is 3.04. The Morgan fingerprint density at radius 2 is 1.68 bits per heavy atom. The van der Waals surface area contributed by atoms with Crippen molar-refractivity contribution in [2.45, 2.75) is 18.1 Å². The summed E-state index contributed by atoms with van der Waals surface area (Å²) in [7, 11) is 0. The molecule has 9 nitrogen and oxygen atoms in total. The first kappa shape index (κ1) is 25.2. The lowest BCUT2D eigenvalue weighted by molar-refractivity contribution is -0.274. The topological polar surface area (TPSA) is 116 Å². The van der Waals surface area contributed by atoms with Crippen molar-refractivity contribution >= 4 is 40.9 Å². The maximum Gasteiger partial charge on any atom is 0.573 e. The van der Waals surface area contributed by atoms with Crippen LogP contribution >= 0.6 is 23.4 Å². The third kappa shape index (κ3) is 8.83. The quantitative estimate of drug-likeness (QED) is 0.388. The molecule has 3 rings (SSSR count). The third-order valence-electron chi connectivity index (χ3n) is 3.77. The number of carbonyl (C=O) groups is 2. The number of thioether (sulfide) groups is 1. The Morgan fingerprint density at radius 3 is 2.35 bits per heavy atom. The highest BCUT2D eigenvalue weighted by Crippen LogP contribution is 2.24. The van der Waals surface area contributed by atoms with Crippen LogP contribution < -0.4 is 20.1 Å². The minimum Gasteiger partial charge on any atom is -0.484 e. The predicted octanol–water partition coefficient (Wildman–Crippen LogP) is 4.05. The van der Waals surface area contributed by atoms with E-state index in [0.717, 1.165) is 23.9 Å². The molecule has 1 heterocycles. The van der Waals surface area contributed by atoms with Crippen LogP contribution in [-0.2, 0) is 16.1 Å². The summed E-state index contributed by atoms with van der Waals surface area (Å²) in [6.07, 6.45) is -4.79. The molecule has 0 bridgehead atoms. The molecule has 0 spiro atoms. The zero-order chi connectivity index (χ0) is 24.6. The number of amides is 2. The van der Waals surface area contributed by atoms with Crippen LogP contribution in [0.15, 0.2) is 58.2 Å². The van der Waals surface area contributed by atoms with Gasteiger partial charge in [-0.05, 0) is 48.5 Å². The SMILES string of the molecule is O=C(COc1ccc(Cl)cc1)NCc1nnc(SCC(=O)Nc2ccc(OC(F)(F)F)cc2)o1. The molecule has 0 saturated carbocycles. The van der Waals surface area contributed by atoms with Gasteiger partial charge in [-0.2, -0.15) is 0 Å². The fourth-order valence-electron chi connectivity index (χ4n) is 2.34. The van der Waals surface area contributed by atoms with Crippen molar-refractivity contribution in [2.75, 3.05) is 17.7 Å². The van der Waals surface area contributed by atoms with Crippen molar-refractivity contribution in [3.05, 3.63) is 59.4 Å². The molecule has 180 valence electrons. The van der Waals surface area contributed by atoms with Gasteiger partial charge in [-0.3, -0.25) is 9.59 Å². The van der Waals surface area contributed by atoms with Crippen LogP contribution in [0.4, 0.5) is 18.9 Å². The van der Waals surface area contributed by atoms with E-state index in [2.05, 4.69) is 25.6 Å². The van der Waals surface area contributed by atoms with Crippen molar-refractivity contribution in [2.24, 2.45) is 0 Å². The lowest BCUT2D eigenvalue weighted by Crippen LogP contribution is -2.28. The number of hydrogen-bond donors (Lipinski definition) is 2. The van der Waals surface area contributed by atoms with Gasteiger partial charge in [-0.25, -0.2) is 0 Å². The van der Waals surface area contributed by atoms with Crippen LogP contribution in [0.2, 0.25) is 5.02 Å². The molecular formula is C20H16ClF3N4O5S. The average molecular weight is 517 g/mol. The molecule has 0 unspecified atom stereocenters. The fraction of sp³-hybridized carbons (Fsp3) is 0.200. The number of alkyl halides is 3. The number of ether oxygens (including phenoxy) is 2. The van der Waals surface area contributed by atoms with Crippen LogP contribution in [0.1, 0.15) is 5.89 Å². The van der Waals surface area contributed by atoms with Gasteiger partial charge in [0.05, 0.1) is 12.3 Å². The second kappa shape index (κ2) is 11.6. The maximum absolute atomic E-state index is 12.2. The number of rotatable bonds is 10. The molecule has 14 heteroatoms. The Bertz CT molecular complexity index is 1110. The van der Waals surface area contributed by atoms with Gasteiger partial charge in [0.2, 0.25) is 11.8 Å². The van der Waals surface area contributed by atoms with Gasteiger partial charge in [-0.15, -0.1) is 23.4 Å². The van der Waals surface area contributed by atoms with E-state index in [1.54, 1.807) is 24.3 Å². The molecule has 3 aromatic rings. The summed E-state index contributed by atoms with van der Waals surface area (Å²) in [5, 5.41) is 13.3. The molecule has 0 radical (unpaired) electrons. The van der Waals surface area contributed by atoms with E-state index < -0.39 is 23.9 Å². The molecule has 34 heavy (non-hydrogen) atoms. The van der Waals surface area contributed by atoms with Crippen LogP contribution in [0.5, 0.6) is 11.5 Å². The van der Waals surface area contributed by atoms with Crippen molar-refractivity contribution < 1.29 is 36.7 Å². The summed E-state index contributed by atoms with van der Waals surface area (Å²) < 4.78 is 50.9. The number of nitrogens with one attached hydrogen (secondary N) is 2. The number of aromatic nitrogens is 2. The number of nitrogens with zero attached hydrogens (tertiary/aromatic N) is 2. The van der Waals surface area contributed by atoms with Crippen LogP contribution in [0.25, 0.3) is 0 Å². The molecule has 0 aliphatic heterocycles. The number of benzene rings is 2. The number of carbonyl (C=O) groups excluding carboxylic acids is 2. The first-order valence-electron chi connectivity index (χ1n) is 9.42. The molecule has 0 atom stereocenters. The van der Waals surface area contributed by atoms with Gasteiger partial charge in [0.25, 0.3) is 11.1 Å². The molecule has 0 aliphatic rings. The van der Waals surface area contributed by atoms with Crippen molar-refractivity contribution in [3.63, 3.8) is 0 Å². The molecule has 2 amide bonds. The highest BCUT2D eigenvalue weighted by molar-refractivity contribution is 7.99. The van der Waals surface area contributed by atoms with E-state index in [4.69, 9.17) is 20.8 Å². The zero-order valence-corrected chi connectivity index (χ0v) is 18.7. The first-order chi connectivity index (χ1) is 16.2. The molecular weight excluding hydrogens is 501 g/mol. The van der Waals surface area contributed by atoms with E-state index in [9.17, 15) is 22.8 Å².